The van der Waals surface area contributed by atoms with Gasteiger partial charge in [0.1, 0.15) is 6.04 Å². The SMILES string of the molecule is Cc1cc(NC2CCCNC2=O)c2ccccc2n1. The Morgan fingerprint density at radius 1 is 1.37 bits per heavy atom. The van der Waals surface area contributed by atoms with Crippen LogP contribution in [-0.4, -0.2) is 23.5 Å². The van der Waals surface area contributed by atoms with E-state index < -0.39 is 0 Å². The van der Waals surface area contributed by atoms with Crippen LogP contribution in [0.4, 0.5) is 5.69 Å². The van der Waals surface area contributed by atoms with Crippen molar-refractivity contribution in [2.24, 2.45) is 0 Å². The molecule has 3 rings (SSSR count). The van der Waals surface area contributed by atoms with Gasteiger partial charge in [0.05, 0.1) is 5.52 Å². The number of pyridine rings is 1. The Morgan fingerprint density at radius 3 is 3.05 bits per heavy atom. The summed E-state index contributed by atoms with van der Waals surface area (Å²) in [5.41, 5.74) is 2.91. The second-order valence-electron chi connectivity index (χ2n) is 4.96. The Morgan fingerprint density at radius 2 is 2.21 bits per heavy atom. The number of nitrogens with zero attached hydrogens (tertiary/aromatic N) is 1. The van der Waals surface area contributed by atoms with Crippen LogP contribution < -0.4 is 10.6 Å². The van der Waals surface area contributed by atoms with Gasteiger partial charge in [-0.15, -0.1) is 0 Å². The minimum atomic E-state index is -0.140. The van der Waals surface area contributed by atoms with Crippen molar-refractivity contribution in [1.82, 2.24) is 10.3 Å². The molecule has 1 unspecified atom stereocenters. The van der Waals surface area contributed by atoms with Gasteiger partial charge >= 0.3 is 0 Å². The third-order valence-corrected chi connectivity index (χ3v) is 3.46. The zero-order valence-electron chi connectivity index (χ0n) is 10.9. The van der Waals surface area contributed by atoms with Gasteiger partial charge in [-0.05, 0) is 31.9 Å². The molecule has 4 heteroatoms. The number of aromatic nitrogens is 1. The highest BCUT2D eigenvalue weighted by Gasteiger charge is 2.22. The van der Waals surface area contributed by atoms with E-state index >= 15 is 0 Å². The molecule has 1 atom stereocenters. The number of hydrogen-bond donors (Lipinski definition) is 2. The molecule has 2 aromatic rings. The Hall–Kier alpha value is -2.10. The molecule has 0 aliphatic carbocycles. The lowest BCUT2D eigenvalue weighted by Crippen LogP contribution is -2.44. The number of fused-ring (bicyclic) bond motifs is 1. The lowest BCUT2D eigenvalue weighted by atomic mass is 10.1. The largest absolute Gasteiger partial charge is 0.373 e. The predicted octanol–water partition coefficient (Wildman–Crippen LogP) is 2.23. The summed E-state index contributed by atoms with van der Waals surface area (Å²) in [5, 5.41) is 7.32. The third-order valence-electron chi connectivity index (χ3n) is 3.46. The van der Waals surface area contributed by atoms with Crippen LogP contribution in [0.3, 0.4) is 0 Å². The number of nitrogens with one attached hydrogen (secondary N) is 2. The van der Waals surface area contributed by atoms with E-state index in [0.29, 0.717) is 0 Å². The van der Waals surface area contributed by atoms with Crippen molar-refractivity contribution in [2.45, 2.75) is 25.8 Å². The molecular weight excluding hydrogens is 238 g/mol. The first-order valence-corrected chi connectivity index (χ1v) is 6.65. The maximum absolute atomic E-state index is 11.8. The van der Waals surface area contributed by atoms with Gasteiger partial charge in [-0.3, -0.25) is 9.78 Å². The van der Waals surface area contributed by atoms with Gasteiger partial charge in [0.2, 0.25) is 5.91 Å². The number of benzene rings is 1. The quantitative estimate of drug-likeness (QED) is 0.865. The van der Waals surface area contributed by atoms with E-state index in [-0.39, 0.29) is 11.9 Å². The maximum atomic E-state index is 11.8. The number of hydrogen-bond acceptors (Lipinski definition) is 3. The fourth-order valence-corrected chi connectivity index (χ4v) is 2.52. The molecule has 19 heavy (non-hydrogen) atoms. The minimum Gasteiger partial charge on any atom is -0.373 e. The van der Waals surface area contributed by atoms with Crippen LogP contribution in [0.1, 0.15) is 18.5 Å². The molecule has 1 aromatic heterocycles. The fraction of sp³-hybridized carbons (Fsp3) is 0.333. The van der Waals surface area contributed by atoms with Crippen molar-refractivity contribution >= 4 is 22.5 Å². The number of para-hydroxylation sites is 1. The number of rotatable bonds is 2. The van der Waals surface area contributed by atoms with Crippen molar-refractivity contribution in [1.29, 1.82) is 0 Å². The van der Waals surface area contributed by atoms with Gasteiger partial charge in [-0.1, -0.05) is 18.2 Å². The van der Waals surface area contributed by atoms with E-state index in [2.05, 4.69) is 15.6 Å². The second-order valence-corrected chi connectivity index (χ2v) is 4.96. The molecule has 0 bridgehead atoms. The summed E-state index contributed by atoms with van der Waals surface area (Å²) in [6, 6.07) is 9.86. The smallest absolute Gasteiger partial charge is 0.242 e. The van der Waals surface area contributed by atoms with Crippen LogP contribution in [0.25, 0.3) is 10.9 Å². The van der Waals surface area contributed by atoms with Crippen molar-refractivity contribution in [3.8, 4) is 0 Å². The van der Waals surface area contributed by atoms with E-state index in [4.69, 9.17) is 0 Å². The highest BCUT2D eigenvalue weighted by molar-refractivity contribution is 5.94. The summed E-state index contributed by atoms with van der Waals surface area (Å²) in [7, 11) is 0. The number of aryl methyl sites for hydroxylation is 1. The van der Waals surface area contributed by atoms with Crippen molar-refractivity contribution in [2.75, 3.05) is 11.9 Å². The van der Waals surface area contributed by atoms with Gasteiger partial charge in [-0.2, -0.15) is 0 Å². The number of anilines is 1. The summed E-state index contributed by atoms with van der Waals surface area (Å²) in [5.74, 6) is 0.0878. The lowest BCUT2D eigenvalue weighted by molar-refractivity contribution is -0.123. The molecule has 1 aromatic carbocycles. The molecule has 1 amide bonds. The van der Waals surface area contributed by atoms with Gasteiger partial charge in [0, 0.05) is 23.3 Å². The normalized spacial score (nSPS) is 19.2. The van der Waals surface area contributed by atoms with Gasteiger partial charge < -0.3 is 10.6 Å². The van der Waals surface area contributed by atoms with Crippen LogP contribution >= 0.6 is 0 Å². The Labute approximate surface area is 112 Å². The van der Waals surface area contributed by atoms with Crippen LogP contribution in [-0.2, 0) is 4.79 Å². The van der Waals surface area contributed by atoms with Gasteiger partial charge in [0.25, 0.3) is 0 Å². The highest BCUT2D eigenvalue weighted by atomic mass is 16.2. The molecular formula is C15H17N3O. The zero-order chi connectivity index (χ0) is 13.2. The Balaban J connectivity index is 1.97. The molecule has 1 saturated heterocycles. The Bertz CT molecular complexity index is 624. The summed E-state index contributed by atoms with van der Waals surface area (Å²) < 4.78 is 0. The first kappa shape index (κ1) is 12.0. The van der Waals surface area contributed by atoms with E-state index in [0.717, 1.165) is 41.7 Å². The number of piperidine rings is 1. The average molecular weight is 255 g/mol. The molecule has 0 radical (unpaired) electrons. The Kier molecular flexibility index (Phi) is 3.07. The standard InChI is InChI=1S/C15H17N3O/c1-10-9-14(11-5-2-3-6-12(11)17-10)18-13-7-4-8-16-15(13)19/h2-3,5-6,9,13H,4,7-8H2,1H3,(H,16,19)(H,17,18). The molecule has 0 saturated carbocycles. The third kappa shape index (κ3) is 2.38. The monoisotopic (exact) mass is 255 g/mol. The zero-order valence-corrected chi connectivity index (χ0v) is 10.9. The summed E-state index contributed by atoms with van der Waals surface area (Å²) in [6.45, 7) is 2.76. The summed E-state index contributed by atoms with van der Waals surface area (Å²) in [4.78, 5) is 16.3. The van der Waals surface area contributed by atoms with Crippen molar-refractivity contribution < 1.29 is 4.79 Å². The van der Waals surface area contributed by atoms with E-state index in [1.54, 1.807) is 0 Å². The van der Waals surface area contributed by atoms with E-state index in [1.165, 1.54) is 0 Å². The molecule has 4 nitrogen and oxygen atoms in total. The molecule has 1 aliphatic heterocycles. The van der Waals surface area contributed by atoms with Crippen LogP contribution in [0.2, 0.25) is 0 Å². The molecule has 1 fully saturated rings. The number of amides is 1. The van der Waals surface area contributed by atoms with Crippen molar-refractivity contribution in [3.63, 3.8) is 0 Å². The first-order chi connectivity index (χ1) is 9.24. The highest BCUT2D eigenvalue weighted by Crippen LogP contribution is 2.24. The van der Waals surface area contributed by atoms with Gasteiger partial charge in [0.15, 0.2) is 0 Å². The fourth-order valence-electron chi connectivity index (χ4n) is 2.52. The molecule has 98 valence electrons. The van der Waals surface area contributed by atoms with Crippen LogP contribution in [0.5, 0.6) is 0 Å². The lowest BCUT2D eigenvalue weighted by Gasteiger charge is -2.24. The molecule has 2 N–H and O–H groups in total. The van der Waals surface area contributed by atoms with Gasteiger partial charge in [-0.25, -0.2) is 0 Å². The topological polar surface area (TPSA) is 54.0 Å². The van der Waals surface area contributed by atoms with Crippen LogP contribution in [0.15, 0.2) is 30.3 Å². The van der Waals surface area contributed by atoms with E-state index in [9.17, 15) is 4.79 Å². The van der Waals surface area contributed by atoms with Crippen molar-refractivity contribution in [3.05, 3.63) is 36.0 Å². The number of carbonyl (C=O) groups is 1. The molecule has 1 aliphatic rings. The summed E-state index contributed by atoms with van der Waals surface area (Å²) >= 11 is 0. The maximum Gasteiger partial charge on any atom is 0.242 e. The summed E-state index contributed by atoms with van der Waals surface area (Å²) in [6.07, 6.45) is 1.90. The molecule has 2 heterocycles. The second kappa shape index (κ2) is 4.88. The molecule has 0 spiro atoms. The minimum absolute atomic E-state index is 0.0878. The number of carbonyl (C=O) groups excluding carboxylic acids is 1. The van der Waals surface area contributed by atoms with Crippen LogP contribution in [0, 0.1) is 6.92 Å². The van der Waals surface area contributed by atoms with E-state index in [1.807, 2.05) is 37.3 Å². The average Bonchev–Trinajstić information content (AvgIpc) is 2.41. The predicted molar refractivity (Wildman–Crippen MR) is 76.1 cm³/mol. The first-order valence-electron chi connectivity index (χ1n) is 6.65.